The zero-order chi connectivity index (χ0) is 14.0. The number of fused-ring (bicyclic) bond motifs is 1. The van der Waals surface area contributed by atoms with Crippen LogP contribution in [-0.2, 0) is 11.8 Å². The van der Waals surface area contributed by atoms with E-state index in [-0.39, 0.29) is 6.42 Å². The quantitative estimate of drug-likeness (QED) is 0.719. The van der Waals surface area contributed by atoms with Gasteiger partial charge in [-0.25, -0.2) is 4.79 Å². The van der Waals surface area contributed by atoms with Crippen LogP contribution >= 0.6 is 0 Å². The molecule has 7 heteroatoms. The SMILES string of the molecule is Cn1c(=O)oc2cc(NCC(N)CC(=O)O)ccc21. The van der Waals surface area contributed by atoms with Crippen molar-refractivity contribution >= 4 is 22.8 Å². The van der Waals surface area contributed by atoms with Gasteiger partial charge in [0.25, 0.3) is 0 Å². The Hall–Kier alpha value is -2.28. The first-order chi connectivity index (χ1) is 8.97. The first kappa shape index (κ1) is 13.2. The third-order valence-corrected chi connectivity index (χ3v) is 2.80. The number of aryl methyl sites for hydroxylation is 1. The number of aromatic nitrogens is 1. The van der Waals surface area contributed by atoms with Crippen LogP contribution in [-0.4, -0.2) is 28.2 Å². The molecule has 0 aliphatic heterocycles. The van der Waals surface area contributed by atoms with Gasteiger partial charge in [0.1, 0.15) is 0 Å². The lowest BCUT2D eigenvalue weighted by molar-refractivity contribution is -0.137. The zero-order valence-electron chi connectivity index (χ0n) is 10.4. The Balaban J connectivity index is 2.09. The van der Waals surface area contributed by atoms with E-state index in [2.05, 4.69) is 5.32 Å². The number of hydrogen-bond acceptors (Lipinski definition) is 5. The van der Waals surface area contributed by atoms with Gasteiger partial charge in [-0.05, 0) is 12.1 Å². The van der Waals surface area contributed by atoms with Crippen molar-refractivity contribution in [1.82, 2.24) is 4.57 Å². The molecule has 19 heavy (non-hydrogen) atoms. The smallest absolute Gasteiger partial charge is 0.419 e. The van der Waals surface area contributed by atoms with Gasteiger partial charge in [0.2, 0.25) is 0 Å². The van der Waals surface area contributed by atoms with Crippen LogP contribution in [0.2, 0.25) is 0 Å². The molecule has 1 atom stereocenters. The second-order valence-corrected chi connectivity index (χ2v) is 4.35. The number of hydrogen-bond donors (Lipinski definition) is 3. The average molecular weight is 265 g/mol. The lowest BCUT2D eigenvalue weighted by Gasteiger charge is -2.11. The molecule has 0 radical (unpaired) electrons. The minimum atomic E-state index is -0.932. The minimum absolute atomic E-state index is 0.102. The number of benzene rings is 1. The Morgan fingerprint density at radius 3 is 3.00 bits per heavy atom. The van der Waals surface area contributed by atoms with Crippen LogP contribution in [0.15, 0.2) is 27.4 Å². The van der Waals surface area contributed by atoms with Crippen LogP contribution in [0.4, 0.5) is 5.69 Å². The van der Waals surface area contributed by atoms with Gasteiger partial charge in [-0.2, -0.15) is 0 Å². The molecular formula is C12H15N3O4. The summed E-state index contributed by atoms with van der Waals surface area (Å²) in [4.78, 5) is 21.8. The van der Waals surface area contributed by atoms with Crippen molar-refractivity contribution in [2.45, 2.75) is 12.5 Å². The second-order valence-electron chi connectivity index (χ2n) is 4.35. The number of carboxylic acid groups (broad SMARTS) is 1. The van der Waals surface area contributed by atoms with E-state index in [1.807, 2.05) is 0 Å². The first-order valence-electron chi connectivity index (χ1n) is 5.78. The van der Waals surface area contributed by atoms with E-state index < -0.39 is 17.8 Å². The monoisotopic (exact) mass is 265 g/mol. The maximum absolute atomic E-state index is 11.3. The van der Waals surface area contributed by atoms with Gasteiger partial charge in [0, 0.05) is 31.4 Å². The molecule has 1 aromatic heterocycles. The molecule has 4 N–H and O–H groups in total. The molecule has 0 bridgehead atoms. The summed E-state index contributed by atoms with van der Waals surface area (Å²) in [5.41, 5.74) is 7.54. The number of oxazole rings is 1. The highest BCUT2D eigenvalue weighted by molar-refractivity contribution is 5.77. The normalized spacial score (nSPS) is 12.5. The number of rotatable bonds is 5. The molecule has 0 aliphatic rings. The predicted octanol–water partition coefficient (Wildman–Crippen LogP) is 0.345. The van der Waals surface area contributed by atoms with Gasteiger partial charge in [0.15, 0.2) is 5.58 Å². The Kier molecular flexibility index (Phi) is 3.57. The number of aliphatic carboxylic acids is 1. The highest BCUT2D eigenvalue weighted by Crippen LogP contribution is 2.17. The summed E-state index contributed by atoms with van der Waals surface area (Å²) in [6, 6.07) is 4.75. The van der Waals surface area contributed by atoms with E-state index >= 15 is 0 Å². The van der Waals surface area contributed by atoms with E-state index in [0.717, 1.165) is 5.69 Å². The van der Waals surface area contributed by atoms with Crippen molar-refractivity contribution in [2.24, 2.45) is 12.8 Å². The van der Waals surface area contributed by atoms with Crippen LogP contribution in [0.5, 0.6) is 0 Å². The predicted molar refractivity (Wildman–Crippen MR) is 70.2 cm³/mol. The largest absolute Gasteiger partial charge is 0.481 e. The van der Waals surface area contributed by atoms with Crippen molar-refractivity contribution < 1.29 is 14.3 Å². The van der Waals surface area contributed by atoms with Gasteiger partial charge in [-0.15, -0.1) is 0 Å². The zero-order valence-corrected chi connectivity index (χ0v) is 10.4. The topological polar surface area (TPSA) is 110 Å². The second kappa shape index (κ2) is 5.15. The molecule has 0 spiro atoms. The summed E-state index contributed by atoms with van der Waals surface area (Å²) in [5, 5.41) is 11.6. The molecule has 0 saturated carbocycles. The van der Waals surface area contributed by atoms with E-state index in [1.165, 1.54) is 4.57 Å². The van der Waals surface area contributed by atoms with Crippen molar-refractivity contribution in [3.63, 3.8) is 0 Å². The standard InChI is InChI=1S/C12H15N3O4/c1-15-9-3-2-8(5-10(9)19-12(15)18)14-6-7(13)4-11(16)17/h2-3,5,7,14H,4,6,13H2,1H3,(H,16,17). The molecule has 2 rings (SSSR count). The first-order valence-corrected chi connectivity index (χ1v) is 5.78. The molecule has 0 fully saturated rings. The van der Waals surface area contributed by atoms with Gasteiger partial charge in [-0.3, -0.25) is 9.36 Å². The number of anilines is 1. The molecule has 1 heterocycles. The lowest BCUT2D eigenvalue weighted by Crippen LogP contribution is -2.31. The summed E-state index contributed by atoms with van der Waals surface area (Å²) in [6.07, 6.45) is -0.102. The number of nitrogens with zero attached hydrogens (tertiary/aromatic N) is 1. The summed E-state index contributed by atoms with van der Waals surface area (Å²) in [6.45, 7) is 0.328. The Bertz CT molecular complexity index is 659. The summed E-state index contributed by atoms with van der Waals surface area (Å²) < 4.78 is 6.46. The number of carboxylic acids is 1. The third-order valence-electron chi connectivity index (χ3n) is 2.80. The summed E-state index contributed by atoms with van der Waals surface area (Å²) >= 11 is 0. The van der Waals surface area contributed by atoms with Gasteiger partial charge in [-0.1, -0.05) is 0 Å². The van der Waals surface area contributed by atoms with Crippen LogP contribution in [0.1, 0.15) is 6.42 Å². The number of nitrogens with one attached hydrogen (secondary N) is 1. The lowest BCUT2D eigenvalue weighted by atomic mass is 10.2. The van der Waals surface area contributed by atoms with Crippen molar-refractivity contribution in [1.29, 1.82) is 0 Å². The summed E-state index contributed by atoms with van der Waals surface area (Å²) in [5.74, 6) is -1.35. The molecule has 1 unspecified atom stereocenters. The van der Waals surface area contributed by atoms with Gasteiger partial charge >= 0.3 is 11.7 Å². The van der Waals surface area contributed by atoms with Crippen LogP contribution < -0.4 is 16.8 Å². The maximum Gasteiger partial charge on any atom is 0.419 e. The van der Waals surface area contributed by atoms with E-state index in [4.69, 9.17) is 15.3 Å². The Morgan fingerprint density at radius 1 is 1.58 bits per heavy atom. The molecule has 102 valence electrons. The number of nitrogens with two attached hydrogens (primary N) is 1. The molecule has 0 amide bonds. The van der Waals surface area contributed by atoms with Crippen LogP contribution in [0, 0.1) is 0 Å². The molecule has 0 saturated heterocycles. The van der Waals surface area contributed by atoms with Gasteiger partial charge in [0.05, 0.1) is 11.9 Å². The number of carbonyl (C=O) groups is 1. The molecule has 2 aromatic rings. The molecular weight excluding hydrogens is 250 g/mol. The van der Waals surface area contributed by atoms with E-state index in [9.17, 15) is 9.59 Å². The van der Waals surface area contributed by atoms with Crippen molar-refractivity contribution in [3.05, 3.63) is 28.7 Å². The average Bonchev–Trinajstić information content (AvgIpc) is 2.61. The fourth-order valence-corrected chi connectivity index (χ4v) is 1.79. The molecule has 7 nitrogen and oxygen atoms in total. The fourth-order valence-electron chi connectivity index (χ4n) is 1.79. The minimum Gasteiger partial charge on any atom is -0.481 e. The molecule has 0 aliphatic carbocycles. The summed E-state index contributed by atoms with van der Waals surface area (Å²) in [7, 11) is 1.63. The van der Waals surface area contributed by atoms with E-state index in [1.54, 1.807) is 25.2 Å². The highest BCUT2D eigenvalue weighted by atomic mass is 16.4. The highest BCUT2D eigenvalue weighted by Gasteiger charge is 2.09. The molecule has 1 aromatic carbocycles. The van der Waals surface area contributed by atoms with Crippen LogP contribution in [0.3, 0.4) is 0 Å². The van der Waals surface area contributed by atoms with Crippen LogP contribution in [0.25, 0.3) is 11.1 Å². The third kappa shape index (κ3) is 2.94. The Labute approximate surface area is 108 Å². The van der Waals surface area contributed by atoms with Gasteiger partial charge < -0.3 is 20.6 Å². The maximum atomic E-state index is 11.3. The fraction of sp³-hybridized carbons (Fsp3) is 0.333. The van der Waals surface area contributed by atoms with Crippen molar-refractivity contribution in [3.8, 4) is 0 Å². The van der Waals surface area contributed by atoms with E-state index in [0.29, 0.717) is 17.6 Å². The Morgan fingerprint density at radius 2 is 2.32 bits per heavy atom. The van der Waals surface area contributed by atoms with Crippen molar-refractivity contribution in [2.75, 3.05) is 11.9 Å².